The number of hydrogen-bond donors (Lipinski definition) is 2. The first-order valence-corrected chi connectivity index (χ1v) is 6.51. The fourth-order valence-corrected chi connectivity index (χ4v) is 2.45. The highest BCUT2D eigenvalue weighted by molar-refractivity contribution is 5.78. The van der Waals surface area contributed by atoms with Crippen molar-refractivity contribution in [1.29, 1.82) is 0 Å². The lowest BCUT2D eigenvalue weighted by Gasteiger charge is -2.17. The Morgan fingerprint density at radius 2 is 2.05 bits per heavy atom. The molecule has 19 heavy (non-hydrogen) atoms. The second-order valence-corrected chi connectivity index (χ2v) is 5.04. The SMILES string of the molecule is CNc1nc(C)cc(C)c1/C(N)=C1/C=CC=C(C)C1. The van der Waals surface area contributed by atoms with Crippen molar-refractivity contribution in [1.82, 2.24) is 4.98 Å². The van der Waals surface area contributed by atoms with Gasteiger partial charge >= 0.3 is 0 Å². The van der Waals surface area contributed by atoms with Crippen LogP contribution in [0, 0.1) is 13.8 Å². The summed E-state index contributed by atoms with van der Waals surface area (Å²) in [7, 11) is 1.88. The molecule has 0 aliphatic heterocycles. The number of hydrogen-bond acceptors (Lipinski definition) is 3. The molecule has 3 heteroatoms. The topological polar surface area (TPSA) is 50.9 Å². The number of anilines is 1. The molecule has 1 aliphatic carbocycles. The van der Waals surface area contributed by atoms with Gasteiger partial charge in [0, 0.05) is 24.0 Å². The molecule has 0 saturated heterocycles. The lowest BCUT2D eigenvalue weighted by molar-refractivity contribution is 1.11. The zero-order chi connectivity index (χ0) is 14.0. The number of allylic oxidation sites excluding steroid dienone is 5. The van der Waals surface area contributed by atoms with E-state index in [0.29, 0.717) is 0 Å². The number of aromatic nitrogens is 1. The molecule has 1 heterocycles. The molecule has 1 aliphatic rings. The molecule has 2 rings (SSSR count). The summed E-state index contributed by atoms with van der Waals surface area (Å²) in [6, 6.07) is 2.07. The molecule has 0 aromatic carbocycles. The van der Waals surface area contributed by atoms with Crippen LogP contribution in [0.2, 0.25) is 0 Å². The quantitative estimate of drug-likeness (QED) is 0.852. The van der Waals surface area contributed by atoms with Crippen LogP contribution in [-0.4, -0.2) is 12.0 Å². The predicted octanol–water partition coefficient (Wildman–Crippen LogP) is 3.32. The fraction of sp³-hybridized carbons (Fsp3) is 0.312. The molecular weight excluding hydrogens is 234 g/mol. The van der Waals surface area contributed by atoms with Crippen molar-refractivity contribution in [3.8, 4) is 0 Å². The van der Waals surface area contributed by atoms with E-state index in [1.165, 1.54) is 5.57 Å². The summed E-state index contributed by atoms with van der Waals surface area (Å²) in [5.41, 5.74) is 12.8. The molecule has 0 fully saturated rings. The molecule has 0 atom stereocenters. The van der Waals surface area contributed by atoms with E-state index in [4.69, 9.17) is 5.73 Å². The number of pyridine rings is 1. The van der Waals surface area contributed by atoms with Gasteiger partial charge in [0.1, 0.15) is 5.82 Å². The Hall–Kier alpha value is -2.03. The standard InChI is InChI=1S/C16H21N3/c1-10-6-5-7-13(8-10)15(17)14-11(2)9-12(3)19-16(14)18-4/h5-7,9H,8,17H2,1-4H3,(H,18,19)/b15-13+. The van der Waals surface area contributed by atoms with E-state index in [2.05, 4.69) is 48.4 Å². The lowest BCUT2D eigenvalue weighted by atomic mass is 9.95. The van der Waals surface area contributed by atoms with Crippen molar-refractivity contribution in [2.45, 2.75) is 27.2 Å². The second kappa shape index (κ2) is 5.31. The molecule has 0 saturated carbocycles. The largest absolute Gasteiger partial charge is 0.398 e. The van der Waals surface area contributed by atoms with E-state index >= 15 is 0 Å². The van der Waals surface area contributed by atoms with E-state index < -0.39 is 0 Å². The summed E-state index contributed by atoms with van der Waals surface area (Å²) in [5, 5.41) is 3.14. The first-order valence-electron chi connectivity index (χ1n) is 6.51. The minimum Gasteiger partial charge on any atom is -0.398 e. The van der Waals surface area contributed by atoms with Gasteiger partial charge in [-0.1, -0.05) is 23.8 Å². The second-order valence-electron chi connectivity index (χ2n) is 5.04. The number of nitrogens with two attached hydrogens (primary N) is 1. The Kier molecular flexibility index (Phi) is 3.74. The van der Waals surface area contributed by atoms with Gasteiger partial charge in [-0.15, -0.1) is 0 Å². The van der Waals surface area contributed by atoms with Crippen molar-refractivity contribution in [3.05, 3.63) is 52.3 Å². The summed E-state index contributed by atoms with van der Waals surface area (Å²) in [4.78, 5) is 4.52. The van der Waals surface area contributed by atoms with Crippen molar-refractivity contribution in [3.63, 3.8) is 0 Å². The van der Waals surface area contributed by atoms with E-state index in [-0.39, 0.29) is 0 Å². The lowest BCUT2D eigenvalue weighted by Crippen LogP contribution is -2.09. The molecule has 0 radical (unpaired) electrons. The van der Waals surface area contributed by atoms with Gasteiger partial charge in [-0.3, -0.25) is 0 Å². The Morgan fingerprint density at radius 1 is 1.32 bits per heavy atom. The number of nitrogens with zero attached hydrogens (tertiary/aromatic N) is 1. The molecule has 3 nitrogen and oxygen atoms in total. The van der Waals surface area contributed by atoms with Crippen LogP contribution in [0.1, 0.15) is 30.2 Å². The van der Waals surface area contributed by atoms with Gasteiger partial charge < -0.3 is 11.1 Å². The number of aryl methyl sites for hydroxylation is 2. The molecule has 0 unspecified atom stereocenters. The van der Waals surface area contributed by atoms with Gasteiger partial charge in [0.2, 0.25) is 0 Å². The molecular formula is C16H21N3. The smallest absolute Gasteiger partial charge is 0.135 e. The van der Waals surface area contributed by atoms with Gasteiger partial charge in [-0.25, -0.2) is 4.98 Å². The summed E-state index contributed by atoms with van der Waals surface area (Å²) >= 11 is 0. The highest BCUT2D eigenvalue weighted by atomic mass is 15.0. The van der Waals surface area contributed by atoms with Gasteiger partial charge in [0.05, 0.1) is 0 Å². The zero-order valence-electron chi connectivity index (χ0n) is 12.0. The normalized spacial score (nSPS) is 17.2. The maximum absolute atomic E-state index is 6.38. The van der Waals surface area contributed by atoms with Gasteiger partial charge in [0.25, 0.3) is 0 Å². The molecule has 1 aromatic heterocycles. The maximum atomic E-state index is 6.38. The Balaban J connectivity index is 2.56. The summed E-state index contributed by atoms with van der Waals surface area (Å²) in [6.07, 6.45) is 7.16. The van der Waals surface area contributed by atoms with Crippen LogP contribution in [0.4, 0.5) is 5.82 Å². The third kappa shape index (κ3) is 2.70. The summed E-state index contributed by atoms with van der Waals surface area (Å²) in [5.74, 6) is 0.850. The summed E-state index contributed by atoms with van der Waals surface area (Å²) in [6.45, 7) is 6.19. The van der Waals surface area contributed by atoms with E-state index in [9.17, 15) is 0 Å². The first kappa shape index (κ1) is 13.4. The highest BCUT2D eigenvalue weighted by Gasteiger charge is 2.14. The molecule has 0 amide bonds. The van der Waals surface area contributed by atoms with Crippen LogP contribution in [0.5, 0.6) is 0 Å². The zero-order valence-corrected chi connectivity index (χ0v) is 12.0. The summed E-state index contributed by atoms with van der Waals surface area (Å²) < 4.78 is 0. The molecule has 0 bridgehead atoms. The third-order valence-corrected chi connectivity index (χ3v) is 3.34. The van der Waals surface area contributed by atoms with Crippen LogP contribution in [0.3, 0.4) is 0 Å². The van der Waals surface area contributed by atoms with Crippen molar-refractivity contribution < 1.29 is 0 Å². The molecule has 100 valence electrons. The Morgan fingerprint density at radius 3 is 2.68 bits per heavy atom. The number of nitrogens with one attached hydrogen (secondary N) is 1. The monoisotopic (exact) mass is 255 g/mol. The average molecular weight is 255 g/mol. The predicted molar refractivity (Wildman–Crippen MR) is 81.9 cm³/mol. The maximum Gasteiger partial charge on any atom is 0.135 e. The van der Waals surface area contributed by atoms with Crippen molar-refractivity contribution in [2.24, 2.45) is 5.73 Å². The van der Waals surface area contributed by atoms with Crippen LogP contribution in [-0.2, 0) is 0 Å². The van der Waals surface area contributed by atoms with Crippen molar-refractivity contribution in [2.75, 3.05) is 12.4 Å². The van der Waals surface area contributed by atoms with E-state index in [0.717, 1.165) is 40.3 Å². The van der Waals surface area contributed by atoms with Gasteiger partial charge in [-0.2, -0.15) is 0 Å². The minimum absolute atomic E-state index is 0.818. The van der Waals surface area contributed by atoms with Crippen LogP contribution >= 0.6 is 0 Å². The minimum atomic E-state index is 0.818. The first-order chi connectivity index (χ1) is 9.02. The third-order valence-electron chi connectivity index (χ3n) is 3.34. The molecule has 1 aromatic rings. The highest BCUT2D eigenvalue weighted by Crippen LogP contribution is 2.29. The Bertz CT molecular complexity index is 592. The van der Waals surface area contributed by atoms with Crippen LogP contribution in [0.25, 0.3) is 5.70 Å². The van der Waals surface area contributed by atoms with Crippen LogP contribution < -0.4 is 11.1 Å². The van der Waals surface area contributed by atoms with Gasteiger partial charge in [-0.05, 0) is 44.4 Å². The average Bonchev–Trinajstić information content (AvgIpc) is 2.37. The van der Waals surface area contributed by atoms with Gasteiger partial charge in [0.15, 0.2) is 0 Å². The van der Waals surface area contributed by atoms with Crippen LogP contribution in [0.15, 0.2) is 35.4 Å². The van der Waals surface area contributed by atoms with E-state index in [1.807, 2.05) is 14.0 Å². The Labute approximate surface area is 114 Å². The van der Waals surface area contributed by atoms with Crippen molar-refractivity contribution >= 4 is 11.5 Å². The fourth-order valence-electron chi connectivity index (χ4n) is 2.45. The molecule has 0 spiro atoms. The molecule has 3 N–H and O–H groups in total. The van der Waals surface area contributed by atoms with E-state index in [1.54, 1.807) is 0 Å². The number of rotatable bonds is 2.